The van der Waals surface area contributed by atoms with E-state index in [1.54, 1.807) is 0 Å². The van der Waals surface area contributed by atoms with Crippen molar-refractivity contribution in [3.63, 3.8) is 0 Å². The molecule has 0 bridgehead atoms. The van der Waals surface area contributed by atoms with E-state index in [-0.39, 0.29) is 0 Å². The smallest absolute Gasteiger partial charge is 0.254 e. The van der Waals surface area contributed by atoms with Gasteiger partial charge in [-0.2, -0.15) is 27.6 Å². The zero-order valence-corrected chi connectivity index (χ0v) is 12.1. The van der Waals surface area contributed by atoms with Gasteiger partial charge in [0.1, 0.15) is 5.69 Å². The highest BCUT2D eigenvalue weighted by molar-refractivity contribution is 5.82. The van der Waals surface area contributed by atoms with Crippen molar-refractivity contribution in [3.8, 4) is 0 Å². The van der Waals surface area contributed by atoms with E-state index in [1.165, 1.54) is 6.21 Å². The van der Waals surface area contributed by atoms with Gasteiger partial charge in [0.2, 0.25) is 11.6 Å². The molecule has 1 aromatic heterocycles. The van der Waals surface area contributed by atoms with E-state index < -0.39 is 29.2 Å². The third kappa shape index (κ3) is 3.08. The van der Waals surface area contributed by atoms with E-state index in [9.17, 15) is 17.6 Å². The van der Waals surface area contributed by atoms with E-state index in [1.807, 2.05) is 38.3 Å². The maximum Gasteiger partial charge on any atom is 0.254 e. The first-order chi connectivity index (χ1) is 10.3. The summed E-state index contributed by atoms with van der Waals surface area (Å²) in [7, 11) is 0. The molecule has 0 unspecified atom stereocenters. The molecule has 0 fully saturated rings. The summed E-state index contributed by atoms with van der Waals surface area (Å²) in [5.41, 5.74) is 4.68. The fourth-order valence-corrected chi connectivity index (χ4v) is 1.87. The van der Waals surface area contributed by atoms with E-state index >= 15 is 0 Å². The normalized spacial score (nSPS) is 11.2. The monoisotopic (exact) mass is 311 g/mol. The first-order valence-corrected chi connectivity index (χ1v) is 6.38. The second-order valence-electron chi connectivity index (χ2n) is 4.86. The number of halogens is 4. The van der Waals surface area contributed by atoms with E-state index in [0.717, 1.165) is 16.7 Å². The number of rotatable bonds is 3. The molecule has 1 N–H and O–H groups in total. The molecule has 1 aromatic carbocycles. The molecule has 0 radical (unpaired) electrons. The maximum atomic E-state index is 13.4. The largest absolute Gasteiger partial charge is 0.272 e. The molecule has 0 amide bonds. The van der Waals surface area contributed by atoms with Crippen molar-refractivity contribution >= 4 is 11.9 Å². The summed E-state index contributed by atoms with van der Waals surface area (Å²) >= 11 is 0. The topological polar surface area (TPSA) is 37.3 Å². The Kier molecular flexibility index (Phi) is 4.44. The molecular formula is C15H13F4N3. The summed E-state index contributed by atoms with van der Waals surface area (Å²) < 4.78 is 52.7. The third-order valence-electron chi connectivity index (χ3n) is 3.26. The van der Waals surface area contributed by atoms with Gasteiger partial charge < -0.3 is 0 Å². The number of hydrogen-bond donors (Lipinski definition) is 1. The Morgan fingerprint density at radius 3 is 2.05 bits per heavy atom. The van der Waals surface area contributed by atoms with Crippen LogP contribution in [0.15, 0.2) is 17.2 Å². The van der Waals surface area contributed by atoms with Crippen molar-refractivity contribution in [1.82, 2.24) is 4.98 Å². The average Bonchev–Trinajstić information content (AvgIpc) is 2.45. The SMILES string of the molecule is Cc1cc(C)c(/C=N\Nc2c(F)c(F)nc(F)c2F)cc1C. The highest BCUT2D eigenvalue weighted by Crippen LogP contribution is 2.22. The fourth-order valence-electron chi connectivity index (χ4n) is 1.87. The first-order valence-electron chi connectivity index (χ1n) is 6.38. The number of anilines is 1. The molecule has 2 rings (SSSR count). The third-order valence-corrected chi connectivity index (χ3v) is 3.26. The Labute approximate surface area is 124 Å². The van der Waals surface area contributed by atoms with Crippen LogP contribution in [0.3, 0.4) is 0 Å². The lowest BCUT2D eigenvalue weighted by Crippen LogP contribution is -2.06. The van der Waals surface area contributed by atoms with Crippen LogP contribution in [0.5, 0.6) is 0 Å². The summed E-state index contributed by atoms with van der Waals surface area (Å²) in [6, 6.07) is 3.78. The number of hydrazone groups is 1. The summed E-state index contributed by atoms with van der Waals surface area (Å²) in [6.45, 7) is 5.71. The van der Waals surface area contributed by atoms with Crippen LogP contribution in [0, 0.1) is 44.3 Å². The summed E-state index contributed by atoms with van der Waals surface area (Å²) in [5.74, 6) is -6.74. The molecule has 0 atom stereocenters. The van der Waals surface area contributed by atoms with Crippen LogP contribution in [-0.4, -0.2) is 11.2 Å². The molecule has 3 nitrogen and oxygen atoms in total. The predicted octanol–water partition coefficient (Wildman–Crippen LogP) is 4.01. The molecule has 0 saturated carbocycles. The van der Waals surface area contributed by atoms with Gasteiger partial charge in [0.05, 0.1) is 6.21 Å². The number of hydrogen-bond acceptors (Lipinski definition) is 3. The van der Waals surface area contributed by atoms with Crippen LogP contribution in [0.25, 0.3) is 0 Å². The minimum Gasteiger partial charge on any atom is -0.272 e. The van der Waals surface area contributed by atoms with Gasteiger partial charge in [-0.05, 0) is 49.1 Å². The lowest BCUT2D eigenvalue weighted by atomic mass is 10.0. The number of benzene rings is 1. The first kappa shape index (κ1) is 15.9. The van der Waals surface area contributed by atoms with Crippen LogP contribution in [-0.2, 0) is 0 Å². The Hall–Kier alpha value is -2.44. The Morgan fingerprint density at radius 1 is 0.909 bits per heavy atom. The second kappa shape index (κ2) is 6.13. The molecule has 0 saturated heterocycles. The quantitative estimate of drug-likeness (QED) is 0.402. The van der Waals surface area contributed by atoms with Crippen molar-refractivity contribution < 1.29 is 17.6 Å². The second-order valence-corrected chi connectivity index (χ2v) is 4.86. The van der Waals surface area contributed by atoms with Crippen molar-refractivity contribution in [1.29, 1.82) is 0 Å². The molecule has 0 aliphatic heterocycles. The van der Waals surface area contributed by atoms with Gasteiger partial charge in [0, 0.05) is 0 Å². The highest BCUT2D eigenvalue weighted by Gasteiger charge is 2.20. The van der Waals surface area contributed by atoms with Gasteiger partial charge in [0.15, 0.2) is 0 Å². The van der Waals surface area contributed by atoms with Gasteiger partial charge in [-0.15, -0.1) is 0 Å². The summed E-state index contributed by atoms with van der Waals surface area (Å²) in [4.78, 5) is 2.46. The predicted molar refractivity (Wildman–Crippen MR) is 75.9 cm³/mol. The van der Waals surface area contributed by atoms with Crippen LogP contribution in [0.1, 0.15) is 22.3 Å². The van der Waals surface area contributed by atoms with E-state index in [4.69, 9.17) is 0 Å². The Morgan fingerprint density at radius 2 is 1.45 bits per heavy atom. The minimum absolute atomic E-state index is 0.714. The van der Waals surface area contributed by atoms with Crippen LogP contribution in [0.4, 0.5) is 23.2 Å². The number of nitrogens with zero attached hydrogens (tertiary/aromatic N) is 2. The van der Waals surface area contributed by atoms with Crippen molar-refractivity contribution in [2.24, 2.45) is 5.10 Å². The van der Waals surface area contributed by atoms with Gasteiger partial charge in [0.25, 0.3) is 11.9 Å². The summed E-state index contributed by atoms with van der Waals surface area (Å²) in [5, 5.41) is 3.63. The van der Waals surface area contributed by atoms with Crippen LogP contribution >= 0.6 is 0 Å². The molecule has 0 aliphatic carbocycles. The number of pyridine rings is 1. The van der Waals surface area contributed by atoms with Gasteiger partial charge in [-0.25, -0.2) is 0 Å². The van der Waals surface area contributed by atoms with Crippen molar-refractivity contribution in [3.05, 3.63) is 57.9 Å². The van der Waals surface area contributed by atoms with E-state index in [2.05, 4.69) is 10.1 Å². The molecule has 0 spiro atoms. The van der Waals surface area contributed by atoms with Crippen molar-refractivity contribution in [2.45, 2.75) is 20.8 Å². The lowest BCUT2D eigenvalue weighted by Gasteiger charge is -2.07. The number of nitrogens with one attached hydrogen (secondary N) is 1. The van der Waals surface area contributed by atoms with Crippen molar-refractivity contribution in [2.75, 3.05) is 5.43 Å². The summed E-state index contributed by atoms with van der Waals surface area (Å²) in [6.07, 6.45) is 1.32. The lowest BCUT2D eigenvalue weighted by molar-refractivity contribution is 0.411. The highest BCUT2D eigenvalue weighted by atomic mass is 19.2. The van der Waals surface area contributed by atoms with Crippen LogP contribution in [0.2, 0.25) is 0 Å². The van der Waals surface area contributed by atoms with Gasteiger partial charge in [-0.3, -0.25) is 5.43 Å². The zero-order chi connectivity index (χ0) is 16.4. The standard InChI is InChI=1S/C15H13F4N3/c1-7-4-9(3)10(5-8(7)2)6-20-22-13-11(16)14(18)21-15(19)12(13)17/h4-6H,1-3H3,(H,21,22)/b20-6-. The van der Waals surface area contributed by atoms with Crippen LogP contribution < -0.4 is 5.43 Å². The molecule has 7 heteroatoms. The van der Waals surface area contributed by atoms with E-state index in [0.29, 0.717) is 5.56 Å². The fraction of sp³-hybridized carbons (Fsp3) is 0.200. The molecule has 0 aliphatic rings. The Balaban J connectivity index is 2.29. The molecule has 1 heterocycles. The van der Waals surface area contributed by atoms with Gasteiger partial charge >= 0.3 is 0 Å². The molecule has 116 valence electrons. The van der Waals surface area contributed by atoms with Gasteiger partial charge in [-0.1, -0.05) is 6.07 Å². The maximum absolute atomic E-state index is 13.4. The molecule has 2 aromatic rings. The number of aryl methyl sites for hydroxylation is 3. The average molecular weight is 311 g/mol. The Bertz CT molecular complexity index is 731. The minimum atomic E-state index is -1.74. The zero-order valence-electron chi connectivity index (χ0n) is 12.1. The number of aromatic nitrogens is 1. The molecular weight excluding hydrogens is 298 g/mol. The molecule has 22 heavy (non-hydrogen) atoms.